The van der Waals surface area contributed by atoms with Gasteiger partial charge in [0.2, 0.25) is 0 Å². The van der Waals surface area contributed by atoms with Gasteiger partial charge in [0.05, 0.1) is 10.7 Å². The molecular weight excluding hydrogens is 224 g/mol. The first-order chi connectivity index (χ1) is 7.36. The normalized spacial score (nSPS) is 20.1. The second-order valence-corrected chi connectivity index (χ2v) is 6.61. The van der Waals surface area contributed by atoms with Crippen LogP contribution in [-0.2, 0) is 0 Å². The average molecular weight is 240 g/mol. The zero-order valence-electron chi connectivity index (χ0n) is 8.63. The second-order valence-electron chi connectivity index (χ2n) is 3.69. The van der Waals surface area contributed by atoms with Crippen LogP contribution in [0.25, 0.3) is 0 Å². The number of aliphatic hydroxyl groups is 1. The standard InChI is InChI=1S/C12H16OS2/c13-11(10-5-2-1-3-6-10)9-12-14-7-4-8-15-12/h1-3,5-6,11-13H,4,7-9H2/t11-/m1/s1. The Bertz CT molecular complexity index is 283. The van der Waals surface area contributed by atoms with Crippen LogP contribution in [-0.4, -0.2) is 21.2 Å². The van der Waals surface area contributed by atoms with E-state index < -0.39 is 0 Å². The minimum atomic E-state index is -0.297. The van der Waals surface area contributed by atoms with Crippen molar-refractivity contribution in [2.45, 2.75) is 23.5 Å². The van der Waals surface area contributed by atoms with Gasteiger partial charge in [-0.1, -0.05) is 30.3 Å². The Morgan fingerprint density at radius 1 is 1.20 bits per heavy atom. The van der Waals surface area contributed by atoms with Gasteiger partial charge >= 0.3 is 0 Å². The first-order valence-corrected chi connectivity index (χ1v) is 7.42. The first kappa shape index (κ1) is 11.4. The lowest BCUT2D eigenvalue weighted by Crippen LogP contribution is -2.11. The molecule has 0 spiro atoms. The molecule has 1 aromatic carbocycles. The molecule has 1 aromatic rings. The molecule has 0 amide bonds. The van der Waals surface area contributed by atoms with Crippen molar-refractivity contribution in [1.29, 1.82) is 0 Å². The number of aliphatic hydroxyl groups excluding tert-OH is 1. The van der Waals surface area contributed by atoms with E-state index in [2.05, 4.69) is 0 Å². The smallest absolute Gasteiger partial charge is 0.0808 e. The minimum Gasteiger partial charge on any atom is -0.388 e. The van der Waals surface area contributed by atoms with Crippen LogP contribution in [0, 0.1) is 0 Å². The zero-order chi connectivity index (χ0) is 10.5. The summed E-state index contributed by atoms with van der Waals surface area (Å²) in [5, 5.41) is 10.0. The van der Waals surface area contributed by atoms with Crippen LogP contribution in [0.15, 0.2) is 30.3 Å². The molecule has 1 aliphatic heterocycles. The molecule has 1 saturated heterocycles. The Morgan fingerprint density at radius 3 is 2.53 bits per heavy atom. The number of rotatable bonds is 3. The maximum absolute atomic E-state index is 10.0. The van der Waals surface area contributed by atoms with Crippen LogP contribution in [0.4, 0.5) is 0 Å². The first-order valence-electron chi connectivity index (χ1n) is 5.32. The molecule has 1 nitrogen and oxygen atoms in total. The summed E-state index contributed by atoms with van der Waals surface area (Å²) in [7, 11) is 0. The third kappa shape index (κ3) is 3.44. The van der Waals surface area contributed by atoms with Crippen LogP contribution in [0.1, 0.15) is 24.5 Å². The largest absolute Gasteiger partial charge is 0.388 e. The number of thioether (sulfide) groups is 2. The molecule has 0 aromatic heterocycles. The Morgan fingerprint density at radius 2 is 1.87 bits per heavy atom. The quantitative estimate of drug-likeness (QED) is 0.875. The molecule has 82 valence electrons. The highest BCUT2D eigenvalue weighted by molar-refractivity contribution is 8.17. The molecule has 0 saturated carbocycles. The lowest BCUT2D eigenvalue weighted by Gasteiger charge is -2.23. The van der Waals surface area contributed by atoms with E-state index in [0.29, 0.717) is 4.58 Å². The number of hydrogen-bond acceptors (Lipinski definition) is 3. The topological polar surface area (TPSA) is 20.2 Å². The van der Waals surface area contributed by atoms with Crippen molar-refractivity contribution in [3.05, 3.63) is 35.9 Å². The molecule has 0 aliphatic carbocycles. The fourth-order valence-electron chi connectivity index (χ4n) is 1.67. The van der Waals surface area contributed by atoms with E-state index in [1.54, 1.807) is 0 Å². The van der Waals surface area contributed by atoms with Gasteiger partial charge < -0.3 is 5.11 Å². The van der Waals surface area contributed by atoms with Gasteiger partial charge in [0.1, 0.15) is 0 Å². The van der Waals surface area contributed by atoms with Crippen LogP contribution in [0.3, 0.4) is 0 Å². The third-order valence-electron chi connectivity index (χ3n) is 2.50. The fourth-order valence-corrected chi connectivity index (χ4v) is 4.60. The average Bonchev–Trinajstić information content (AvgIpc) is 2.31. The summed E-state index contributed by atoms with van der Waals surface area (Å²) in [4.78, 5) is 0. The maximum Gasteiger partial charge on any atom is 0.0808 e. The number of hydrogen-bond donors (Lipinski definition) is 1. The molecule has 1 atom stereocenters. The van der Waals surface area contributed by atoms with E-state index in [1.165, 1.54) is 17.9 Å². The Hall–Kier alpha value is -0.120. The summed E-state index contributed by atoms with van der Waals surface area (Å²) in [5.41, 5.74) is 1.05. The summed E-state index contributed by atoms with van der Waals surface area (Å²) in [6.45, 7) is 0. The predicted octanol–water partition coefficient (Wildman–Crippen LogP) is 3.31. The molecule has 15 heavy (non-hydrogen) atoms. The summed E-state index contributed by atoms with van der Waals surface area (Å²) >= 11 is 3.98. The van der Waals surface area contributed by atoms with Crippen molar-refractivity contribution in [3.8, 4) is 0 Å². The molecule has 0 bridgehead atoms. The van der Waals surface area contributed by atoms with Gasteiger partial charge in [-0.2, -0.15) is 0 Å². The van der Waals surface area contributed by atoms with Gasteiger partial charge in [-0.25, -0.2) is 0 Å². The molecule has 0 unspecified atom stereocenters. The highest BCUT2D eigenvalue weighted by atomic mass is 32.2. The van der Waals surface area contributed by atoms with Gasteiger partial charge in [0, 0.05) is 0 Å². The highest BCUT2D eigenvalue weighted by Gasteiger charge is 2.19. The summed E-state index contributed by atoms with van der Waals surface area (Å²) in [6.07, 6.45) is 1.89. The van der Waals surface area contributed by atoms with Crippen molar-refractivity contribution in [2.24, 2.45) is 0 Å². The van der Waals surface area contributed by atoms with E-state index in [4.69, 9.17) is 0 Å². The predicted molar refractivity (Wildman–Crippen MR) is 69.3 cm³/mol. The van der Waals surface area contributed by atoms with Gasteiger partial charge in [-0.15, -0.1) is 23.5 Å². The minimum absolute atomic E-state index is 0.297. The van der Waals surface area contributed by atoms with E-state index in [9.17, 15) is 5.11 Å². The molecule has 1 aliphatic rings. The van der Waals surface area contributed by atoms with Crippen LogP contribution < -0.4 is 0 Å². The Kier molecular flexibility index (Phi) is 4.42. The molecule has 1 heterocycles. The summed E-state index contributed by atoms with van der Waals surface area (Å²) in [5.74, 6) is 2.50. The zero-order valence-corrected chi connectivity index (χ0v) is 10.3. The Labute approximate surface area is 99.7 Å². The third-order valence-corrected chi connectivity index (χ3v) is 5.49. The summed E-state index contributed by atoms with van der Waals surface area (Å²) in [6, 6.07) is 9.96. The molecule has 1 N–H and O–H groups in total. The molecule has 3 heteroatoms. The lowest BCUT2D eigenvalue weighted by molar-refractivity contribution is 0.173. The molecule has 0 radical (unpaired) electrons. The van der Waals surface area contributed by atoms with E-state index >= 15 is 0 Å². The lowest BCUT2D eigenvalue weighted by atomic mass is 10.1. The van der Waals surface area contributed by atoms with E-state index in [-0.39, 0.29) is 6.10 Å². The molecule has 1 fully saturated rings. The van der Waals surface area contributed by atoms with Gasteiger partial charge in [-0.3, -0.25) is 0 Å². The van der Waals surface area contributed by atoms with Crippen molar-refractivity contribution in [2.75, 3.05) is 11.5 Å². The second kappa shape index (κ2) is 5.83. The van der Waals surface area contributed by atoms with Crippen LogP contribution in [0.2, 0.25) is 0 Å². The summed E-state index contributed by atoms with van der Waals surface area (Å²) < 4.78 is 0.578. The van der Waals surface area contributed by atoms with Crippen LogP contribution >= 0.6 is 23.5 Å². The SMILES string of the molecule is O[C@H](CC1SCCCS1)c1ccccc1. The molecule has 2 rings (SSSR count). The highest BCUT2D eigenvalue weighted by Crippen LogP contribution is 2.36. The van der Waals surface area contributed by atoms with Crippen molar-refractivity contribution >= 4 is 23.5 Å². The van der Waals surface area contributed by atoms with Gasteiger partial charge in [0.25, 0.3) is 0 Å². The number of benzene rings is 1. The van der Waals surface area contributed by atoms with E-state index in [1.807, 2.05) is 53.9 Å². The van der Waals surface area contributed by atoms with Gasteiger partial charge in [0.15, 0.2) is 0 Å². The van der Waals surface area contributed by atoms with E-state index in [0.717, 1.165) is 12.0 Å². The Balaban J connectivity index is 1.88. The van der Waals surface area contributed by atoms with Gasteiger partial charge in [-0.05, 0) is 29.9 Å². The monoisotopic (exact) mass is 240 g/mol. The fraction of sp³-hybridized carbons (Fsp3) is 0.500. The van der Waals surface area contributed by atoms with Crippen molar-refractivity contribution in [1.82, 2.24) is 0 Å². The molecular formula is C12H16OS2. The van der Waals surface area contributed by atoms with Crippen molar-refractivity contribution in [3.63, 3.8) is 0 Å². The van der Waals surface area contributed by atoms with Crippen LogP contribution in [0.5, 0.6) is 0 Å². The maximum atomic E-state index is 10.0. The van der Waals surface area contributed by atoms with Crippen molar-refractivity contribution < 1.29 is 5.11 Å².